The van der Waals surface area contributed by atoms with E-state index in [2.05, 4.69) is 20.4 Å². The van der Waals surface area contributed by atoms with E-state index >= 15 is 0 Å². The van der Waals surface area contributed by atoms with Crippen molar-refractivity contribution in [2.75, 3.05) is 0 Å². The van der Waals surface area contributed by atoms with Gasteiger partial charge in [-0.3, -0.25) is 9.78 Å². The van der Waals surface area contributed by atoms with Crippen LogP contribution in [0.4, 0.5) is 0 Å². The normalized spacial score (nSPS) is 11.1. The summed E-state index contributed by atoms with van der Waals surface area (Å²) in [6, 6.07) is 15.6. The van der Waals surface area contributed by atoms with Gasteiger partial charge in [-0.05, 0) is 42.8 Å². The van der Waals surface area contributed by atoms with Gasteiger partial charge < -0.3 is 10.3 Å². The third-order valence-corrected chi connectivity index (χ3v) is 4.34. The molecule has 3 aromatic heterocycles. The molecule has 0 aliphatic carbocycles. The molecule has 130 valence electrons. The van der Waals surface area contributed by atoms with Crippen molar-refractivity contribution in [3.63, 3.8) is 0 Å². The van der Waals surface area contributed by atoms with Gasteiger partial charge in [0.25, 0.3) is 5.56 Å². The Labute approximate surface area is 150 Å². The van der Waals surface area contributed by atoms with Crippen molar-refractivity contribution in [3.8, 4) is 5.69 Å². The summed E-state index contributed by atoms with van der Waals surface area (Å²) in [4.78, 5) is 19.5. The highest BCUT2D eigenvalue weighted by Gasteiger charge is 2.12. The average Bonchev–Trinajstić information content (AvgIpc) is 2.99. The molecule has 0 unspecified atom stereocenters. The number of benzene rings is 1. The summed E-state index contributed by atoms with van der Waals surface area (Å²) in [5.41, 5.74) is 4.25. The number of hydrogen-bond acceptors (Lipinski definition) is 4. The van der Waals surface area contributed by atoms with Gasteiger partial charge in [0.1, 0.15) is 5.65 Å². The predicted molar refractivity (Wildman–Crippen MR) is 101 cm³/mol. The van der Waals surface area contributed by atoms with Gasteiger partial charge in [0.05, 0.1) is 11.4 Å². The molecule has 0 aliphatic heterocycles. The van der Waals surface area contributed by atoms with Crippen LogP contribution >= 0.6 is 0 Å². The van der Waals surface area contributed by atoms with E-state index in [1.807, 2.05) is 55.5 Å². The Balaban J connectivity index is 1.63. The van der Waals surface area contributed by atoms with Crippen LogP contribution in [-0.2, 0) is 13.1 Å². The van der Waals surface area contributed by atoms with Crippen molar-refractivity contribution in [2.45, 2.75) is 20.0 Å². The van der Waals surface area contributed by atoms with E-state index in [0.717, 1.165) is 28.0 Å². The van der Waals surface area contributed by atoms with E-state index in [1.54, 1.807) is 17.1 Å². The monoisotopic (exact) mass is 345 g/mol. The summed E-state index contributed by atoms with van der Waals surface area (Å²) >= 11 is 0. The minimum absolute atomic E-state index is 0.100. The highest BCUT2D eigenvalue weighted by molar-refractivity contribution is 5.80. The van der Waals surface area contributed by atoms with Crippen LogP contribution in [0.3, 0.4) is 0 Å². The topological polar surface area (TPSA) is 75.6 Å². The number of nitrogens with zero attached hydrogens (tertiary/aromatic N) is 3. The fourth-order valence-corrected chi connectivity index (χ4v) is 2.99. The molecule has 0 amide bonds. The summed E-state index contributed by atoms with van der Waals surface area (Å²) < 4.78 is 1.78. The SMILES string of the molecule is Cc1nn(-c2ccccc2)c2[nH]c(=O)c(CNCc3ccncc3)cc12. The number of pyridine rings is 2. The van der Waals surface area contributed by atoms with Gasteiger partial charge in [-0.15, -0.1) is 0 Å². The summed E-state index contributed by atoms with van der Waals surface area (Å²) in [5.74, 6) is 0. The van der Waals surface area contributed by atoms with Crippen LogP contribution in [0.2, 0.25) is 0 Å². The second kappa shape index (κ2) is 6.93. The number of para-hydroxylation sites is 1. The molecule has 6 heteroatoms. The largest absolute Gasteiger partial charge is 0.308 e. The first kappa shape index (κ1) is 16.2. The number of rotatable bonds is 5. The number of aryl methyl sites for hydroxylation is 1. The Kier molecular flexibility index (Phi) is 4.33. The van der Waals surface area contributed by atoms with E-state index in [-0.39, 0.29) is 5.56 Å². The average molecular weight is 345 g/mol. The van der Waals surface area contributed by atoms with Crippen molar-refractivity contribution in [2.24, 2.45) is 0 Å². The van der Waals surface area contributed by atoms with Gasteiger partial charge >= 0.3 is 0 Å². The van der Waals surface area contributed by atoms with Crippen LogP contribution in [-0.4, -0.2) is 19.7 Å². The zero-order chi connectivity index (χ0) is 17.9. The molecule has 26 heavy (non-hydrogen) atoms. The highest BCUT2D eigenvalue weighted by Crippen LogP contribution is 2.19. The molecule has 4 rings (SSSR count). The van der Waals surface area contributed by atoms with Crippen LogP contribution in [0, 0.1) is 6.92 Å². The Bertz CT molecular complexity index is 1080. The molecule has 0 radical (unpaired) electrons. The Hall–Kier alpha value is -3.25. The van der Waals surface area contributed by atoms with Crippen LogP contribution in [0.5, 0.6) is 0 Å². The van der Waals surface area contributed by atoms with Gasteiger partial charge in [-0.2, -0.15) is 5.10 Å². The molecular weight excluding hydrogens is 326 g/mol. The minimum Gasteiger partial charge on any atom is -0.308 e. The summed E-state index contributed by atoms with van der Waals surface area (Å²) in [6.07, 6.45) is 3.52. The molecule has 0 saturated carbocycles. The fourth-order valence-electron chi connectivity index (χ4n) is 2.99. The number of aromatic amines is 1. The predicted octanol–water partition coefficient (Wildman–Crippen LogP) is 2.71. The molecule has 4 aromatic rings. The molecule has 0 bridgehead atoms. The lowest BCUT2D eigenvalue weighted by Crippen LogP contribution is -2.21. The number of nitrogens with one attached hydrogen (secondary N) is 2. The second-order valence-corrected chi connectivity index (χ2v) is 6.18. The molecule has 0 spiro atoms. The lowest BCUT2D eigenvalue weighted by Gasteiger charge is -2.06. The van der Waals surface area contributed by atoms with Gasteiger partial charge in [-0.1, -0.05) is 18.2 Å². The maximum Gasteiger partial charge on any atom is 0.254 e. The van der Waals surface area contributed by atoms with E-state index in [4.69, 9.17) is 0 Å². The fraction of sp³-hybridized carbons (Fsp3) is 0.150. The first-order valence-electron chi connectivity index (χ1n) is 8.49. The Morgan fingerprint density at radius 3 is 2.62 bits per heavy atom. The quantitative estimate of drug-likeness (QED) is 0.583. The van der Waals surface area contributed by atoms with E-state index in [9.17, 15) is 4.79 Å². The lowest BCUT2D eigenvalue weighted by molar-refractivity contribution is 0.687. The molecular formula is C20H19N5O. The van der Waals surface area contributed by atoms with Crippen LogP contribution in [0.25, 0.3) is 16.7 Å². The third kappa shape index (κ3) is 3.14. The molecule has 2 N–H and O–H groups in total. The number of aromatic nitrogens is 4. The maximum atomic E-state index is 12.5. The molecule has 0 saturated heterocycles. The zero-order valence-corrected chi connectivity index (χ0v) is 14.4. The van der Waals surface area contributed by atoms with Crippen molar-refractivity contribution in [3.05, 3.63) is 88.1 Å². The van der Waals surface area contributed by atoms with Gasteiger partial charge in [0.2, 0.25) is 0 Å². The van der Waals surface area contributed by atoms with Gasteiger partial charge in [0.15, 0.2) is 0 Å². The van der Waals surface area contributed by atoms with Crippen LogP contribution in [0.1, 0.15) is 16.8 Å². The van der Waals surface area contributed by atoms with E-state index < -0.39 is 0 Å². The molecule has 0 fully saturated rings. The maximum absolute atomic E-state index is 12.5. The molecule has 3 heterocycles. The zero-order valence-electron chi connectivity index (χ0n) is 14.4. The van der Waals surface area contributed by atoms with Crippen LogP contribution < -0.4 is 10.9 Å². The number of fused-ring (bicyclic) bond motifs is 1. The molecule has 0 atom stereocenters. The van der Waals surface area contributed by atoms with Crippen molar-refractivity contribution in [1.82, 2.24) is 25.1 Å². The molecule has 0 aliphatic rings. The number of hydrogen-bond donors (Lipinski definition) is 2. The van der Waals surface area contributed by atoms with Gasteiger partial charge in [-0.25, -0.2) is 4.68 Å². The second-order valence-electron chi connectivity index (χ2n) is 6.18. The molecule has 1 aromatic carbocycles. The highest BCUT2D eigenvalue weighted by atomic mass is 16.1. The van der Waals surface area contributed by atoms with Crippen molar-refractivity contribution in [1.29, 1.82) is 0 Å². The lowest BCUT2D eigenvalue weighted by atomic mass is 10.2. The Morgan fingerprint density at radius 2 is 1.85 bits per heavy atom. The Morgan fingerprint density at radius 1 is 1.08 bits per heavy atom. The van der Waals surface area contributed by atoms with Crippen molar-refractivity contribution >= 4 is 11.0 Å². The van der Waals surface area contributed by atoms with E-state index in [0.29, 0.717) is 18.7 Å². The van der Waals surface area contributed by atoms with E-state index in [1.165, 1.54) is 0 Å². The van der Waals surface area contributed by atoms with Crippen molar-refractivity contribution < 1.29 is 0 Å². The van der Waals surface area contributed by atoms with Crippen LogP contribution in [0.15, 0.2) is 65.7 Å². The molecule has 6 nitrogen and oxygen atoms in total. The first-order chi connectivity index (χ1) is 12.7. The smallest absolute Gasteiger partial charge is 0.254 e. The third-order valence-electron chi connectivity index (χ3n) is 4.34. The minimum atomic E-state index is -0.100. The summed E-state index contributed by atoms with van der Waals surface area (Å²) in [6.45, 7) is 3.13. The summed E-state index contributed by atoms with van der Waals surface area (Å²) in [5, 5.41) is 8.85. The summed E-state index contributed by atoms with van der Waals surface area (Å²) in [7, 11) is 0. The standard InChI is InChI=1S/C20H19N5O/c1-14-18-11-16(13-22-12-15-7-9-21-10-8-15)20(26)23-19(18)25(24-14)17-5-3-2-4-6-17/h2-11,22H,12-13H2,1H3,(H,23,26). The van der Waals surface area contributed by atoms with Gasteiger partial charge in [0, 0.05) is 36.4 Å². The first-order valence-corrected chi connectivity index (χ1v) is 8.49. The number of H-pyrrole nitrogens is 1.